The lowest BCUT2D eigenvalue weighted by molar-refractivity contribution is -0.129. The van der Waals surface area contributed by atoms with Crippen molar-refractivity contribution in [2.24, 2.45) is 0 Å². The van der Waals surface area contributed by atoms with E-state index in [4.69, 9.17) is 4.74 Å². The van der Waals surface area contributed by atoms with Gasteiger partial charge in [-0.15, -0.1) is 0 Å². The molecular weight excluding hydrogens is 405 g/mol. The molecule has 2 unspecified atom stereocenters. The van der Waals surface area contributed by atoms with Crippen LogP contribution in [0, 0.1) is 3.57 Å². The van der Waals surface area contributed by atoms with Crippen molar-refractivity contribution in [2.75, 3.05) is 0 Å². The molecule has 2 atom stereocenters. The average Bonchev–Trinajstić information content (AvgIpc) is 2.55. The molecule has 0 radical (unpaired) electrons. The highest BCUT2D eigenvalue weighted by atomic mass is 127. The number of nitrogens with one attached hydrogen (secondary N) is 1. The summed E-state index contributed by atoms with van der Waals surface area (Å²) in [5.74, 6) is -0.814. The molecule has 0 heterocycles. The lowest BCUT2D eigenvalue weighted by atomic mass is 10.1. The van der Waals surface area contributed by atoms with E-state index >= 15 is 0 Å². The Morgan fingerprint density at radius 1 is 1.00 bits per heavy atom. The molecule has 1 N–H and O–H groups in total. The first-order valence-electron chi connectivity index (χ1n) is 7.30. The van der Waals surface area contributed by atoms with Crippen molar-refractivity contribution in [1.29, 1.82) is 0 Å². The van der Waals surface area contributed by atoms with Crippen molar-refractivity contribution in [3.05, 3.63) is 69.3 Å². The molecule has 1 amide bonds. The molecule has 0 aliphatic rings. The minimum absolute atomic E-state index is 0.151. The normalized spacial score (nSPS) is 13.0. The van der Waals surface area contributed by atoms with Gasteiger partial charge in [0.05, 0.1) is 11.6 Å². The number of hydrogen-bond acceptors (Lipinski definition) is 3. The van der Waals surface area contributed by atoms with E-state index in [-0.39, 0.29) is 11.9 Å². The largest absolute Gasteiger partial charge is 0.449 e. The van der Waals surface area contributed by atoms with Gasteiger partial charge in [-0.3, -0.25) is 4.79 Å². The molecule has 0 saturated carbocycles. The van der Waals surface area contributed by atoms with E-state index in [9.17, 15) is 9.59 Å². The SMILES string of the molecule is CC(OC(=O)c1ccccc1I)C(=O)NC(C)c1ccccc1. The Balaban J connectivity index is 1.95. The van der Waals surface area contributed by atoms with Gasteiger partial charge in [0.2, 0.25) is 0 Å². The van der Waals surface area contributed by atoms with Gasteiger partial charge in [0.25, 0.3) is 5.91 Å². The van der Waals surface area contributed by atoms with Crippen LogP contribution in [-0.4, -0.2) is 18.0 Å². The van der Waals surface area contributed by atoms with Crippen molar-refractivity contribution >= 4 is 34.5 Å². The molecule has 0 aliphatic heterocycles. The zero-order valence-corrected chi connectivity index (χ0v) is 15.1. The highest BCUT2D eigenvalue weighted by Crippen LogP contribution is 2.15. The fraction of sp³-hybridized carbons (Fsp3) is 0.222. The van der Waals surface area contributed by atoms with Crippen LogP contribution in [0.5, 0.6) is 0 Å². The van der Waals surface area contributed by atoms with Crippen LogP contribution >= 0.6 is 22.6 Å². The first-order valence-corrected chi connectivity index (χ1v) is 8.37. The van der Waals surface area contributed by atoms with Crippen LogP contribution in [0.4, 0.5) is 0 Å². The van der Waals surface area contributed by atoms with E-state index < -0.39 is 12.1 Å². The summed E-state index contributed by atoms with van der Waals surface area (Å²) >= 11 is 2.07. The van der Waals surface area contributed by atoms with Crippen molar-refractivity contribution in [3.8, 4) is 0 Å². The highest BCUT2D eigenvalue weighted by molar-refractivity contribution is 14.1. The molecule has 4 nitrogen and oxygen atoms in total. The number of carbonyl (C=O) groups is 2. The van der Waals surface area contributed by atoms with Crippen LogP contribution in [0.1, 0.15) is 35.8 Å². The zero-order valence-electron chi connectivity index (χ0n) is 13.0. The highest BCUT2D eigenvalue weighted by Gasteiger charge is 2.21. The number of ether oxygens (including phenoxy) is 1. The van der Waals surface area contributed by atoms with Crippen molar-refractivity contribution in [1.82, 2.24) is 5.32 Å². The van der Waals surface area contributed by atoms with Gasteiger partial charge in [0.15, 0.2) is 6.10 Å². The third-order valence-corrected chi connectivity index (χ3v) is 4.35. The quantitative estimate of drug-likeness (QED) is 0.590. The molecule has 0 aromatic heterocycles. The topological polar surface area (TPSA) is 55.4 Å². The van der Waals surface area contributed by atoms with E-state index in [0.29, 0.717) is 5.56 Å². The van der Waals surface area contributed by atoms with Crippen molar-refractivity contribution in [3.63, 3.8) is 0 Å². The number of halogens is 1. The van der Waals surface area contributed by atoms with Crippen LogP contribution in [-0.2, 0) is 9.53 Å². The van der Waals surface area contributed by atoms with Gasteiger partial charge in [-0.05, 0) is 54.1 Å². The summed E-state index contributed by atoms with van der Waals surface area (Å²) < 4.78 is 6.05. The van der Waals surface area contributed by atoms with E-state index in [1.165, 1.54) is 0 Å². The standard InChI is InChI=1S/C18H18INO3/c1-12(14-8-4-3-5-9-14)20-17(21)13(2)23-18(22)15-10-6-7-11-16(15)19/h3-13H,1-2H3,(H,20,21). The first-order chi connectivity index (χ1) is 11.0. The Hall–Kier alpha value is -1.89. The molecule has 0 fully saturated rings. The van der Waals surface area contributed by atoms with Crippen molar-refractivity contribution in [2.45, 2.75) is 26.0 Å². The summed E-state index contributed by atoms with van der Waals surface area (Å²) in [6, 6.07) is 16.6. The van der Waals surface area contributed by atoms with E-state index in [1.807, 2.05) is 49.4 Å². The molecule has 0 spiro atoms. The summed E-state index contributed by atoms with van der Waals surface area (Å²) in [6.07, 6.45) is -0.857. The predicted molar refractivity (Wildman–Crippen MR) is 97.0 cm³/mol. The molecule has 120 valence electrons. The van der Waals surface area contributed by atoms with Gasteiger partial charge >= 0.3 is 5.97 Å². The lowest BCUT2D eigenvalue weighted by Gasteiger charge is -2.18. The fourth-order valence-corrected chi connectivity index (χ4v) is 2.67. The Morgan fingerprint density at radius 3 is 2.26 bits per heavy atom. The summed E-state index contributed by atoms with van der Waals surface area (Å²) in [5, 5.41) is 2.85. The summed E-state index contributed by atoms with van der Waals surface area (Å²) in [6.45, 7) is 3.46. The molecule has 0 bridgehead atoms. The second-order valence-corrected chi connectivity index (χ2v) is 6.33. The number of amides is 1. The maximum absolute atomic E-state index is 12.2. The van der Waals surface area contributed by atoms with Crippen LogP contribution < -0.4 is 5.32 Å². The molecule has 0 aliphatic carbocycles. The monoisotopic (exact) mass is 423 g/mol. The molecule has 2 aromatic rings. The number of rotatable bonds is 5. The summed E-state index contributed by atoms with van der Waals surface area (Å²) in [7, 11) is 0. The maximum atomic E-state index is 12.2. The smallest absolute Gasteiger partial charge is 0.339 e. The van der Waals surface area contributed by atoms with Gasteiger partial charge in [-0.1, -0.05) is 42.5 Å². The first kappa shape index (κ1) is 17.5. The molecule has 5 heteroatoms. The van der Waals surface area contributed by atoms with Crippen LogP contribution in [0.25, 0.3) is 0 Å². The third kappa shape index (κ3) is 4.79. The Labute approximate surface area is 149 Å². The van der Waals surface area contributed by atoms with Crippen LogP contribution in [0.2, 0.25) is 0 Å². The maximum Gasteiger partial charge on any atom is 0.339 e. The van der Waals surface area contributed by atoms with Crippen LogP contribution in [0.3, 0.4) is 0 Å². The molecule has 2 rings (SSSR count). The van der Waals surface area contributed by atoms with Gasteiger partial charge in [0.1, 0.15) is 0 Å². The number of benzene rings is 2. The lowest BCUT2D eigenvalue weighted by Crippen LogP contribution is -2.37. The zero-order chi connectivity index (χ0) is 16.8. The van der Waals surface area contributed by atoms with Gasteiger partial charge in [-0.2, -0.15) is 0 Å². The van der Waals surface area contributed by atoms with Gasteiger partial charge < -0.3 is 10.1 Å². The number of carbonyl (C=O) groups excluding carboxylic acids is 2. The average molecular weight is 423 g/mol. The van der Waals surface area contributed by atoms with Gasteiger partial charge in [0, 0.05) is 3.57 Å². The van der Waals surface area contributed by atoms with Crippen molar-refractivity contribution < 1.29 is 14.3 Å². The second-order valence-electron chi connectivity index (χ2n) is 5.17. The molecule has 2 aromatic carbocycles. The second kappa shape index (κ2) is 8.10. The Bertz CT molecular complexity index is 688. The molecule has 23 heavy (non-hydrogen) atoms. The summed E-state index contributed by atoms with van der Waals surface area (Å²) in [4.78, 5) is 24.3. The van der Waals surface area contributed by atoms with Crippen LogP contribution in [0.15, 0.2) is 54.6 Å². The Kier molecular flexibility index (Phi) is 6.15. The predicted octanol–water partition coefficient (Wildman–Crippen LogP) is 3.71. The number of hydrogen-bond donors (Lipinski definition) is 1. The minimum atomic E-state index is -0.857. The van der Waals surface area contributed by atoms with E-state index in [0.717, 1.165) is 9.13 Å². The van der Waals surface area contributed by atoms with E-state index in [1.54, 1.807) is 19.1 Å². The fourth-order valence-electron chi connectivity index (χ4n) is 2.06. The Morgan fingerprint density at radius 2 is 1.61 bits per heavy atom. The third-order valence-electron chi connectivity index (χ3n) is 3.41. The molecule has 0 saturated heterocycles. The minimum Gasteiger partial charge on any atom is -0.449 e. The van der Waals surface area contributed by atoms with Gasteiger partial charge in [-0.25, -0.2) is 4.79 Å². The van der Waals surface area contributed by atoms with E-state index in [2.05, 4.69) is 27.9 Å². The molecular formula is C18H18INO3. The number of esters is 1. The summed E-state index contributed by atoms with van der Waals surface area (Å²) in [5.41, 5.74) is 1.46.